The van der Waals surface area contributed by atoms with Gasteiger partial charge in [0.15, 0.2) is 5.69 Å². The van der Waals surface area contributed by atoms with Crippen molar-refractivity contribution in [3.63, 3.8) is 0 Å². The van der Waals surface area contributed by atoms with Crippen molar-refractivity contribution in [3.05, 3.63) is 18.1 Å². The lowest BCUT2D eigenvalue weighted by Gasteiger charge is -2.33. The van der Waals surface area contributed by atoms with E-state index in [1.54, 1.807) is 6.20 Å². The molecule has 1 aromatic heterocycles. The zero-order valence-electron chi connectivity index (χ0n) is 9.67. The van der Waals surface area contributed by atoms with Crippen LogP contribution in [0.3, 0.4) is 0 Å². The van der Waals surface area contributed by atoms with E-state index in [0.29, 0.717) is 19.0 Å². The van der Waals surface area contributed by atoms with Gasteiger partial charge in [-0.05, 0) is 6.42 Å². The molecule has 6 nitrogen and oxygen atoms in total. The van der Waals surface area contributed by atoms with Gasteiger partial charge in [-0.2, -0.15) is 0 Å². The Labute approximate surface area is 99.2 Å². The van der Waals surface area contributed by atoms with Gasteiger partial charge in [0.25, 0.3) is 0 Å². The third-order valence-electron chi connectivity index (χ3n) is 2.76. The number of aromatic nitrogens is 2. The van der Waals surface area contributed by atoms with Crippen LogP contribution in [0.2, 0.25) is 0 Å². The number of rotatable bonds is 3. The standard InChI is InChI=1S/C11H15N3O3/c1-2-8-7-14(3-4-17-8)10-6-12-5-9(13-10)11(15)16/h5-6,8H,2-4,7H2,1H3,(H,15,16). The highest BCUT2D eigenvalue weighted by atomic mass is 16.5. The summed E-state index contributed by atoms with van der Waals surface area (Å²) in [5.41, 5.74) is -0.0259. The van der Waals surface area contributed by atoms with E-state index in [4.69, 9.17) is 9.84 Å². The second kappa shape index (κ2) is 5.09. The van der Waals surface area contributed by atoms with Gasteiger partial charge in [0.2, 0.25) is 0 Å². The highest BCUT2D eigenvalue weighted by Gasteiger charge is 2.21. The van der Waals surface area contributed by atoms with Crippen molar-refractivity contribution >= 4 is 11.8 Å². The van der Waals surface area contributed by atoms with Crippen LogP contribution < -0.4 is 4.90 Å². The highest BCUT2D eigenvalue weighted by molar-refractivity contribution is 5.85. The maximum atomic E-state index is 10.8. The number of carbonyl (C=O) groups is 1. The normalized spacial score (nSPS) is 20.3. The molecule has 0 bridgehead atoms. The van der Waals surface area contributed by atoms with E-state index >= 15 is 0 Å². The van der Waals surface area contributed by atoms with E-state index in [0.717, 1.165) is 13.0 Å². The van der Waals surface area contributed by atoms with Gasteiger partial charge in [-0.1, -0.05) is 6.92 Å². The summed E-state index contributed by atoms with van der Waals surface area (Å²) < 4.78 is 5.55. The van der Waals surface area contributed by atoms with Crippen molar-refractivity contribution in [3.8, 4) is 0 Å². The van der Waals surface area contributed by atoms with Crippen LogP contribution in [0, 0.1) is 0 Å². The molecule has 0 saturated carbocycles. The van der Waals surface area contributed by atoms with Gasteiger partial charge in [0.05, 0.1) is 25.1 Å². The Bertz CT molecular complexity index is 411. The number of nitrogens with zero attached hydrogens (tertiary/aromatic N) is 3. The Morgan fingerprint density at radius 3 is 3.18 bits per heavy atom. The number of ether oxygens (including phenoxy) is 1. The molecular weight excluding hydrogens is 222 g/mol. The Morgan fingerprint density at radius 2 is 2.47 bits per heavy atom. The summed E-state index contributed by atoms with van der Waals surface area (Å²) in [5.74, 6) is -0.452. The van der Waals surface area contributed by atoms with Crippen LogP contribution in [-0.4, -0.2) is 46.8 Å². The summed E-state index contributed by atoms with van der Waals surface area (Å²) in [7, 11) is 0. The molecule has 2 rings (SSSR count). The molecule has 0 radical (unpaired) electrons. The van der Waals surface area contributed by atoms with Crippen molar-refractivity contribution < 1.29 is 14.6 Å². The zero-order chi connectivity index (χ0) is 12.3. The monoisotopic (exact) mass is 237 g/mol. The third kappa shape index (κ3) is 2.71. The lowest BCUT2D eigenvalue weighted by molar-refractivity contribution is 0.0381. The van der Waals surface area contributed by atoms with E-state index in [1.165, 1.54) is 6.20 Å². The van der Waals surface area contributed by atoms with Crippen molar-refractivity contribution in [1.29, 1.82) is 0 Å². The largest absolute Gasteiger partial charge is 0.476 e. The fourth-order valence-corrected chi connectivity index (χ4v) is 1.79. The molecule has 92 valence electrons. The quantitative estimate of drug-likeness (QED) is 0.837. The highest BCUT2D eigenvalue weighted by Crippen LogP contribution is 2.15. The van der Waals surface area contributed by atoms with Gasteiger partial charge in [-0.25, -0.2) is 9.78 Å². The second-order valence-electron chi connectivity index (χ2n) is 3.91. The molecule has 17 heavy (non-hydrogen) atoms. The van der Waals surface area contributed by atoms with Gasteiger partial charge >= 0.3 is 5.97 Å². The van der Waals surface area contributed by atoms with E-state index in [1.807, 2.05) is 4.90 Å². The fourth-order valence-electron chi connectivity index (χ4n) is 1.79. The minimum atomic E-state index is -1.06. The Kier molecular flexibility index (Phi) is 3.53. The number of aromatic carboxylic acids is 1. The molecule has 0 aromatic carbocycles. The van der Waals surface area contributed by atoms with Gasteiger partial charge in [-0.3, -0.25) is 4.98 Å². The van der Waals surface area contributed by atoms with Crippen molar-refractivity contribution in [2.75, 3.05) is 24.6 Å². The van der Waals surface area contributed by atoms with Crippen LogP contribution >= 0.6 is 0 Å². The first kappa shape index (κ1) is 11.8. The van der Waals surface area contributed by atoms with Gasteiger partial charge < -0.3 is 14.7 Å². The summed E-state index contributed by atoms with van der Waals surface area (Å²) in [4.78, 5) is 20.8. The van der Waals surface area contributed by atoms with Crippen LogP contribution in [0.1, 0.15) is 23.8 Å². The van der Waals surface area contributed by atoms with Crippen molar-refractivity contribution in [1.82, 2.24) is 9.97 Å². The van der Waals surface area contributed by atoms with Crippen molar-refractivity contribution in [2.24, 2.45) is 0 Å². The second-order valence-corrected chi connectivity index (χ2v) is 3.91. The Morgan fingerprint density at radius 1 is 1.65 bits per heavy atom. The average molecular weight is 237 g/mol. The van der Waals surface area contributed by atoms with Crippen LogP contribution in [0.15, 0.2) is 12.4 Å². The van der Waals surface area contributed by atoms with E-state index in [2.05, 4.69) is 16.9 Å². The minimum absolute atomic E-state index is 0.0259. The average Bonchev–Trinajstić information content (AvgIpc) is 2.39. The summed E-state index contributed by atoms with van der Waals surface area (Å²) in [6.07, 6.45) is 3.95. The third-order valence-corrected chi connectivity index (χ3v) is 2.76. The summed E-state index contributed by atoms with van der Waals surface area (Å²) in [5, 5.41) is 8.86. The molecule has 1 aromatic rings. The molecule has 0 amide bonds. The fraction of sp³-hybridized carbons (Fsp3) is 0.545. The molecule has 0 spiro atoms. The summed E-state index contributed by atoms with van der Waals surface area (Å²) in [6, 6.07) is 0. The van der Waals surface area contributed by atoms with Gasteiger partial charge in [0, 0.05) is 13.1 Å². The molecule has 1 atom stereocenters. The number of carboxylic acid groups (broad SMARTS) is 1. The lowest BCUT2D eigenvalue weighted by Crippen LogP contribution is -2.42. The molecule has 1 N–H and O–H groups in total. The summed E-state index contributed by atoms with van der Waals surface area (Å²) >= 11 is 0. The molecule has 1 aliphatic heterocycles. The predicted octanol–water partition coefficient (Wildman–Crippen LogP) is 0.790. The first-order valence-corrected chi connectivity index (χ1v) is 5.62. The molecule has 0 aliphatic carbocycles. The molecule has 1 aliphatic rings. The topological polar surface area (TPSA) is 75.6 Å². The maximum Gasteiger partial charge on any atom is 0.356 e. The minimum Gasteiger partial charge on any atom is -0.476 e. The first-order chi connectivity index (χ1) is 8.20. The SMILES string of the molecule is CCC1CN(c2cncc(C(=O)O)n2)CCO1. The predicted molar refractivity (Wildman–Crippen MR) is 61.2 cm³/mol. The number of morpholine rings is 1. The lowest BCUT2D eigenvalue weighted by atomic mass is 10.2. The zero-order valence-corrected chi connectivity index (χ0v) is 9.67. The van der Waals surface area contributed by atoms with Crippen LogP contribution in [0.4, 0.5) is 5.82 Å². The number of hydrogen-bond acceptors (Lipinski definition) is 5. The number of anilines is 1. The van der Waals surface area contributed by atoms with Gasteiger partial charge in [0.1, 0.15) is 5.82 Å². The molecule has 2 heterocycles. The molecule has 6 heteroatoms. The smallest absolute Gasteiger partial charge is 0.356 e. The number of hydrogen-bond donors (Lipinski definition) is 1. The molecule has 1 unspecified atom stereocenters. The molecular formula is C11H15N3O3. The van der Waals surface area contributed by atoms with Crippen molar-refractivity contribution in [2.45, 2.75) is 19.4 Å². The van der Waals surface area contributed by atoms with Crippen LogP contribution in [0.5, 0.6) is 0 Å². The van der Waals surface area contributed by atoms with Crippen LogP contribution in [-0.2, 0) is 4.74 Å². The van der Waals surface area contributed by atoms with E-state index < -0.39 is 5.97 Å². The first-order valence-electron chi connectivity index (χ1n) is 5.62. The van der Waals surface area contributed by atoms with E-state index in [9.17, 15) is 4.79 Å². The van der Waals surface area contributed by atoms with E-state index in [-0.39, 0.29) is 11.8 Å². The maximum absolute atomic E-state index is 10.8. The summed E-state index contributed by atoms with van der Waals surface area (Å²) in [6.45, 7) is 4.15. The molecule has 1 fully saturated rings. The van der Waals surface area contributed by atoms with Crippen LogP contribution in [0.25, 0.3) is 0 Å². The Hall–Kier alpha value is -1.69. The Balaban J connectivity index is 2.16. The number of carboxylic acids is 1. The molecule has 1 saturated heterocycles. The van der Waals surface area contributed by atoms with Gasteiger partial charge in [-0.15, -0.1) is 0 Å².